The third-order valence-corrected chi connectivity index (χ3v) is 5.01. The first-order chi connectivity index (χ1) is 16.3. The number of nitrogens with one attached hydrogen (secondary N) is 1. The Kier molecular flexibility index (Phi) is 7.45. The van der Waals surface area contributed by atoms with Crippen LogP contribution in [0.15, 0.2) is 54.6 Å². The van der Waals surface area contributed by atoms with Crippen LogP contribution in [0.5, 0.6) is 5.75 Å². The molecule has 0 saturated carbocycles. The number of ether oxygens (including phenoxy) is 1. The Morgan fingerprint density at radius 1 is 1.00 bits per heavy atom. The standard InChI is InChI=1S/C24H16ClF4NO5/c1-12-6-13(23(33)34)2-4-19(12)30-21(31)11-35-20-5-3-16(25)10-18(20)22(32)14-7-15(24(27,28)29)9-17(26)8-14/h2-10H,11H2,1H3,(H,30,31)(H,33,34). The molecule has 0 fully saturated rings. The van der Waals surface area contributed by atoms with Gasteiger partial charge in [0.2, 0.25) is 0 Å². The summed E-state index contributed by atoms with van der Waals surface area (Å²) in [6, 6.07) is 9.21. The Labute approximate surface area is 201 Å². The lowest BCUT2D eigenvalue weighted by Crippen LogP contribution is -2.21. The maximum atomic E-state index is 13.8. The molecule has 0 aliphatic heterocycles. The first-order valence-corrected chi connectivity index (χ1v) is 10.2. The van der Waals surface area contributed by atoms with E-state index in [1.807, 2.05) is 0 Å². The highest BCUT2D eigenvalue weighted by atomic mass is 35.5. The van der Waals surface area contributed by atoms with Gasteiger partial charge in [-0.05, 0) is 67.1 Å². The van der Waals surface area contributed by atoms with Crippen LogP contribution in [0.25, 0.3) is 0 Å². The van der Waals surface area contributed by atoms with Crippen LogP contribution in [0.3, 0.4) is 0 Å². The molecule has 3 aromatic carbocycles. The quantitative estimate of drug-likeness (QED) is 0.312. The number of rotatable bonds is 7. The number of aryl methyl sites for hydroxylation is 1. The van der Waals surface area contributed by atoms with E-state index in [1.54, 1.807) is 6.92 Å². The van der Waals surface area contributed by atoms with Crippen molar-refractivity contribution in [2.24, 2.45) is 0 Å². The van der Waals surface area contributed by atoms with Crippen LogP contribution < -0.4 is 10.1 Å². The molecular formula is C24H16ClF4NO5. The predicted octanol–water partition coefficient (Wildman–Crippen LogP) is 5.75. The van der Waals surface area contributed by atoms with Crippen LogP contribution in [0.2, 0.25) is 5.02 Å². The van der Waals surface area contributed by atoms with E-state index in [2.05, 4.69) is 5.32 Å². The van der Waals surface area contributed by atoms with Crippen molar-refractivity contribution in [2.75, 3.05) is 11.9 Å². The molecule has 6 nitrogen and oxygen atoms in total. The molecule has 0 aliphatic carbocycles. The van der Waals surface area contributed by atoms with Crippen molar-refractivity contribution in [1.29, 1.82) is 0 Å². The molecule has 0 atom stereocenters. The maximum absolute atomic E-state index is 13.8. The molecule has 0 saturated heterocycles. The fraction of sp³-hybridized carbons (Fsp3) is 0.125. The molecule has 0 aromatic heterocycles. The van der Waals surface area contributed by atoms with Gasteiger partial charge >= 0.3 is 12.1 Å². The molecule has 0 aliphatic rings. The van der Waals surface area contributed by atoms with E-state index in [4.69, 9.17) is 21.4 Å². The number of carbonyl (C=O) groups is 3. The number of carbonyl (C=O) groups excluding carboxylic acids is 2. The number of benzene rings is 3. The summed E-state index contributed by atoms with van der Waals surface area (Å²) in [5.41, 5.74) is -1.35. The normalized spacial score (nSPS) is 11.1. The van der Waals surface area contributed by atoms with Crippen molar-refractivity contribution in [3.63, 3.8) is 0 Å². The second kappa shape index (κ2) is 10.1. The molecule has 1 amide bonds. The van der Waals surface area contributed by atoms with Gasteiger partial charge < -0.3 is 15.2 Å². The number of carboxylic acids is 1. The summed E-state index contributed by atoms with van der Waals surface area (Å²) in [5, 5.41) is 11.6. The van der Waals surface area contributed by atoms with Crippen molar-refractivity contribution in [3.8, 4) is 5.75 Å². The highest BCUT2D eigenvalue weighted by Crippen LogP contribution is 2.32. The van der Waals surface area contributed by atoms with Gasteiger partial charge in [0.1, 0.15) is 11.6 Å². The van der Waals surface area contributed by atoms with Crippen LogP contribution in [0.4, 0.5) is 23.2 Å². The number of carboxylic acid groups (broad SMARTS) is 1. The van der Waals surface area contributed by atoms with E-state index < -0.39 is 47.4 Å². The van der Waals surface area contributed by atoms with Crippen LogP contribution in [-0.2, 0) is 11.0 Å². The lowest BCUT2D eigenvalue weighted by Gasteiger charge is -2.14. The van der Waals surface area contributed by atoms with Gasteiger partial charge in [-0.25, -0.2) is 9.18 Å². The fourth-order valence-corrected chi connectivity index (χ4v) is 3.28. The minimum atomic E-state index is -4.87. The molecule has 3 aromatic rings. The third-order valence-electron chi connectivity index (χ3n) is 4.78. The van der Waals surface area contributed by atoms with Crippen molar-refractivity contribution >= 4 is 34.9 Å². The number of hydrogen-bond acceptors (Lipinski definition) is 4. The van der Waals surface area contributed by atoms with Gasteiger partial charge in [-0.1, -0.05) is 11.6 Å². The lowest BCUT2D eigenvalue weighted by molar-refractivity contribution is -0.137. The van der Waals surface area contributed by atoms with E-state index >= 15 is 0 Å². The number of amides is 1. The summed E-state index contributed by atoms with van der Waals surface area (Å²) in [6.45, 7) is 0.992. The zero-order valence-corrected chi connectivity index (χ0v) is 18.6. The van der Waals surface area contributed by atoms with Crippen molar-refractivity contribution in [1.82, 2.24) is 0 Å². The van der Waals surface area contributed by atoms with Crippen LogP contribution in [0.1, 0.15) is 37.4 Å². The summed E-state index contributed by atoms with van der Waals surface area (Å²) in [5.74, 6) is -4.20. The van der Waals surface area contributed by atoms with Crippen molar-refractivity contribution < 1.29 is 41.8 Å². The molecule has 3 rings (SSSR count). The van der Waals surface area contributed by atoms with Gasteiger partial charge in [0, 0.05) is 16.3 Å². The minimum absolute atomic E-state index is 0.0343. The Bertz CT molecular complexity index is 1320. The molecule has 0 unspecified atom stereocenters. The number of halogens is 5. The molecule has 11 heteroatoms. The van der Waals surface area contributed by atoms with Crippen LogP contribution >= 0.6 is 11.6 Å². The molecule has 0 radical (unpaired) electrons. The number of ketones is 1. The number of alkyl halides is 3. The highest BCUT2D eigenvalue weighted by Gasteiger charge is 2.32. The number of anilines is 1. The summed E-state index contributed by atoms with van der Waals surface area (Å²) in [7, 11) is 0. The average molecular weight is 510 g/mol. The molecule has 2 N–H and O–H groups in total. The van der Waals surface area contributed by atoms with Gasteiger partial charge in [-0.2, -0.15) is 13.2 Å². The second-order valence-corrected chi connectivity index (χ2v) is 7.80. The van der Waals surface area contributed by atoms with Gasteiger partial charge in [-0.15, -0.1) is 0 Å². The third kappa shape index (κ3) is 6.36. The number of hydrogen-bond donors (Lipinski definition) is 2. The van der Waals surface area contributed by atoms with Crippen LogP contribution in [-0.4, -0.2) is 29.4 Å². The summed E-state index contributed by atoms with van der Waals surface area (Å²) < 4.78 is 58.3. The second-order valence-electron chi connectivity index (χ2n) is 7.37. The van der Waals surface area contributed by atoms with Crippen LogP contribution in [0, 0.1) is 12.7 Å². The van der Waals surface area contributed by atoms with E-state index in [1.165, 1.54) is 30.3 Å². The summed E-state index contributed by atoms with van der Waals surface area (Å²) in [4.78, 5) is 36.3. The first kappa shape index (κ1) is 25.7. The largest absolute Gasteiger partial charge is 0.483 e. The molecule has 182 valence electrons. The zero-order chi connectivity index (χ0) is 25.9. The van der Waals surface area contributed by atoms with Gasteiger partial charge in [0.15, 0.2) is 12.4 Å². The van der Waals surface area contributed by atoms with E-state index in [0.29, 0.717) is 23.4 Å². The van der Waals surface area contributed by atoms with Crippen molar-refractivity contribution in [2.45, 2.75) is 13.1 Å². The zero-order valence-electron chi connectivity index (χ0n) is 17.9. The maximum Gasteiger partial charge on any atom is 0.416 e. The van der Waals surface area contributed by atoms with E-state index in [0.717, 1.165) is 6.07 Å². The monoisotopic (exact) mass is 509 g/mol. The Balaban J connectivity index is 1.81. The fourth-order valence-electron chi connectivity index (χ4n) is 3.11. The van der Waals surface area contributed by atoms with Gasteiger partial charge in [0.05, 0.1) is 16.7 Å². The molecule has 0 bridgehead atoms. The van der Waals surface area contributed by atoms with E-state index in [9.17, 15) is 31.9 Å². The first-order valence-electron chi connectivity index (χ1n) is 9.84. The minimum Gasteiger partial charge on any atom is -0.483 e. The van der Waals surface area contributed by atoms with Crippen molar-refractivity contribution in [3.05, 3.63) is 93.3 Å². The summed E-state index contributed by atoms with van der Waals surface area (Å²) in [6.07, 6.45) is -4.87. The topological polar surface area (TPSA) is 92.7 Å². The summed E-state index contributed by atoms with van der Waals surface area (Å²) >= 11 is 5.92. The average Bonchev–Trinajstić information content (AvgIpc) is 2.78. The smallest absolute Gasteiger partial charge is 0.416 e. The number of aromatic carboxylic acids is 1. The Morgan fingerprint density at radius 2 is 1.71 bits per heavy atom. The Morgan fingerprint density at radius 3 is 2.34 bits per heavy atom. The Hall–Kier alpha value is -3.92. The van der Waals surface area contributed by atoms with Gasteiger partial charge in [-0.3, -0.25) is 9.59 Å². The highest BCUT2D eigenvalue weighted by molar-refractivity contribution is 6.31. The SMILES string of the molecule is Cc1cc(C(=O)O)ccc1NC(=O)COc1ccc(Cl)cc1C(=O)c1cc(F)cc(C(F)(F)F)c1. The molecule has 0 heterocycles. The predicted molar refractivity (Wildman–Crippen MR) is 119 cm³/mol. The van der Waals surface area contributed by atoms with E-state index in [-0.39, 0.29) is 28.0 Å². The molecular weight excluding hydrogens is 494 g/mol. The lowest BCUT2D eigenvalue weighted by atomic mass is 10.00. The van der Waals surface area contributed by atoms with Gasteiger partial charge in [0.25, 0.3) is 5.91 Å². The molecule has 0 spiro atoms. The molecule has 35 heavy (non-hydrogen) atoms.